The molecule has 0 saturated carbocycles. The second-order valence-electron chi connectivity index (χ2n) is 13.1. The average molecular weight is 776 g/mol. The fraction of sp³-hybridized carbons (Fsp3) is 0.0455. The number of benzene rings is 4. The van der Waals surface area contributed by atoms with Gasteiger partial charge in [0.15, 0.2) is 0 Å². The van der Waals surface area contributed by atoms with Gasteiger partial charge in [-0.05, 0) is 105 Å². The van der Waals surface area contributed by atoms with Crippen LogP contribution in [0.1, 0.15) is 35.0 Å². The van der Waals surface area contributed by atoms with Crippen molar-refractivity contribution in [3.05, 3.63) is 144 Å². The standard InChI is InChI=1S/C44H30N4O6.Zn/c49-27-9-1-5-23(19-27)37-31-13-14-32(45-31)38(24-6-2-10-28(50)20-24)34-16-18-36(47-34)40(26-8-4-12-30(52)22-26)42-44(54)43(53)41(48-42)39(35-17-15-33(37)46-35)25-7-3-11-29(51)21-25;/h1-22,43-44,53-54H,(H4-2,45,46,47,48,49,50,51,52);/q-2;+2. The minimum atomic E-state index is -1.52. The van der Waals surface area contributed by atoms with Crippen molar-refractivity contribution < 1.29 is 50.1 Å². The molecule has 5 heterocycles. The van der Waals surface area contributed by atoms with Gasteiger partial charge in [0.05, 0.1) is 22.8 Å². The van der Waals surface area contributed by atoms with E-state index in [1.807, 2.05) is 36.4 Å². The van der Waals surface area contributed by atoms with Crippen LogP contribution < -0.4 is 9.97 Å². The van der Waals surface area contributed by atoms with Crippen LogP contribution in [0, 0.1) is 0 Å². The molecule has 6 N–H and O–H groups in total. The van der Waals surface area contributed by atoms with Crippen LogP contribution in [-0.4, -0.2) is 40.6 Å². The largest absolute Gasteiger partial charge is 2.00 e. The molecule has 0 spiro atoms. The molecule has 0 aliphatic carbocycles. The Kier molecular flexibility index (Phi) is 9.06. The van der Waals surface area contributed by atoms with Crippen molar-refractivity contribution in [3.8, 4) is 67.5 Å². The summed E-state index contributed by atoms with van der Waals surface area (Å²) in [6, 6.07) is 33.7. The minimum absolute atomic E-state index is 0. The van der Waals surface area contributed by atoms with Gasteiger partial charge in [-0.3, -0.25) is 4.98 Å². The van der Waals surface area contributed by atoms with Gasteiger partial charge >= 0.3 is 19.5 Å². The van der Waals surface area contributed by atoms with Gasteiger partial charge < -0.3 is 40.6 Å². The Bertz CT molecular complexity index is 2660. The van der Waals surface area contributed by atoms with Crippen molar-refractivity contribution in [3.63, 3.8) is 0 Å². The molecular formula is C44H30N4O6Zn. The number of nitrogens with zero attached hydrogens (tertiary/aromatic N) is 4. The summed E-state index contributed by atoms with van der Waals surface area (Å²) in [5.41, 5.74) is 7.39. The van der Waals surface area contributed by atoms with Gasteiger partial charge in [-0.15, -0.1) is 22.1 Å². The van der Waals surface area contributed by atoms with Crippen LogP contribution in [0.25, 0.3) is 78.7 Å². The molecule has 7 aromatic rings. The molecule has 9 rings (SSSR count). The van der Waals surface area contributed by atoms with Crippen molar-refractivity contribution >= 4 is 34.2 Å². The Hall–Kier alpha value is -6.52. The smallest absolute Gasteiger partial charge is 0.657 e. The van der Waals surface area contributed by atoms with E-state index in [0.717, 1.165) is 0 Å². The van der Waals surface area contributed by atoms with Gasteiger partial charge in [0.25, 0.3) is 0 Å². The van der Waals surface area contributed by atoms with E-state index in [4.69, 9.17) is 19.9 Å². The quantitative estimate of drug-likeness (QED) is 0.0962. The third-order valence-electron chi connectivity index (χ3n) is 9.61. The Labute approximate surface area is 326 Å². The number of phenolic OH excluding ortho intramolecular Hbond substituents is 4. The maximum absolute atomic E-state index is 11.8. The number of fused-ring (bicyclic) bond motifs is 8. The number of aromatic nitrogens is 4. The van der Waals surface area contributed by atoms with Crippen molar-refractivity contribution in [2.75, 3.05) is 0 Å². The first-order valence-electron chi connectivity index (χ1n) is 17.1. The molecule has 8 bridgehead atoms. The van der Waals surface area contributed by atoms with E-state index < -0.39 is 12.2 Å². The summed E-state index contributed by atoms with van der Waals surface area (Å²) < 4.78 is 0. The second-order valence-corrected chi connectivity index (χ2v) is 13.1. The molecular weight excluding hydrogens is 746 g/mol. The number of hydrogen-bond donors (Lipinski definition) is 6. The predicted octanol–water partition coefficient (Wildman–Crippen LogP) is 8.00. The van der Waals surface area contributed by atoms with E-state index in [9.17, 15) is 30.6 Å². The summed E-state index contributed by atoms with van der Waals surface area (Å²) >= 11 is 0. The zero-order valence-corrected chi connectivity index (χ0v) is 32.0. The van der Waals surface area contributed by atoms with Crippen molar-refractivity contribution in [1.82, 2.24) is 19.9 Å². The van der Waals surface area contributed by atoms with Crippen molar-refractivity contribution in [2.24, 2.45) is 0 Å². The SMILES string of the molecule is Oc1cccc(-c2c3nc(c(-c4cccc(O)c4)c4ccc([n-]4)c(-c4cccc(O)c4)c4nc(c(-c5cccc(O)c5)c5ccc2[n-]5)C(O)C4O)C=C3)c1.[Zn+2]. The van der Waals surface area contributed by atoms with E-state index >= 15 is 0 Å². The predicted molar refractivity (Wildman–Crippen MR) is 206 cm³/mol. The van der Waals surface area contributed by atoms with Gasteiger partial charge in [-0.25, -0.2) is 4.98 Å². The summed E-state index contributed by atoms with van der Waals surface area (Å²) in [4.78, 5) is 20.2. The molecule has 55 heavy (non-hydrogen) atoms. The Morgan fingerprint density at radius 1 is 0.400 bits per heavy atom. The molecule has 2 unspecified atom stereocenters. The Morgan fingerprint density at radius 2 is 0.709 bits per heavy atom. The first-order chi connectivity index (χ1) is 26.2. The fourth-order valence-corrected chi connectivity index (χ4v) is 7.24. The van der Waals surface area contributed by atoms with E-state index in [0.29, 0.717) is 78.0 Å². The van der Waals surface area contributed by atoms with Crippen molar-refractivity contribution in [2.45, 2.75) is 12.2 Å². The molecule has 0 amide bonds. The molecule has 2 atom stereocenters. The maximum atomic E-state index is 11.8. The molecule has 0 saturated heterocycles. The maximum Gasteiger partial charge on any atom is 2.00 e. The number of aliphatic hydroxyl groups is 2. The molecule has 11 heteroatoms. The van der Waals surface area contributed by atoms with Crippen LogP contribution in [0.4, 0.5) is 0 Å². The van der Waals surface area contributed by atoms with E-state index in [2.05, 4.69) is 0 Å². The number of hydrogen-bond acceptors (Lipinski definition) is 8. The zero-order chi connectivity index (χ0) is 37.1. The van der Waals surface area contributed by atoms with Gasteiger partial charge in [0, 0.05) is 0 Å². The summed E-state index contributed by atoms with van der Waals surface area (Å²) in [5, 5.41) is 65.9. The second kappa shape index (κ2) is 14.0. The first kappa shape index (κ1) is 35.5. The molecule has 2 aliphatic rings. The third-order valence-corrected chi connectivity index (χ3v) is 9.61. The monoisotopic (exact) mass is 774 g/mol. The Morgan fingerprint density at radius 3 is 1.04 bits per heavy atom. The van der Waals surface area contributed by atoms with Crippen LogP contribution in [-0.2, 0) is 19.5 Å². The van der Waals surface area contributed by atoms with Crippen LogP contribution in [0.3, 0.4) is 0 Å². The first-order valence-corrected chi connectivity index (χ1v) is 17.1. The van der Waals surface area contributed by atoms with E-state index in [1.54, 1.807) is 72.8 Å². The molecule has 0 radical (unpaired) electrons. The van der Waals surface area contributed by atoms with Crippen LogP contribution in [0.5, 0.6) is 23.0 Å². The summed E-state index contributed by atoms with van der Waals surface area (Å²) in [7, 11) is 0. The summed E-state index contributed by atoms with van der Waals surface area (Å²) in [5.74, 6) is 0.0724. The fourth-order valence-electron chi connectivity index (χ4n) is 7.24. The molecule has 0 fully saturated rings. The van der Waals surface area contributed by atoms with Gasteiger partial charge in [0.1, 0.15) is 35.2 Å². The average Bonchev–Trinajstić information content (AvgIpc) is 3.97. The number of aliphatic hydroxyl groups excluding tert-OH is 2. The van der Waals surface area contributed by atoms with Crippen LogP contribution >= 0.6 is 0 Å². The topological polar surface area (TPSA) is 175 Å². The van der Waals surface area contributed by atoms with Gasteiger partial charge in [-0.1, -0.05) is 72.8 Å². The van der Waals surface area contributed by atoms with Crippen molar-refractivity contribution in [1.29, 1.82) is 0 Å². The normalized spacial score (nSPS) is 14.8. The molecule has 4 aromatic carbocycles. The number of phenols is 4. The van der Waals surface area contributed by atoms with Crippen LogP contribution in [0.2, 0.25) is 0 Å². The minimum Gasteiger partial charge on any atom is -0.657 e. The zero-order valence-electron chi connectivity index (χ0n) is 29.0. The number of aromatic hydroxyl groups is 4. The van der Waals surface area contributed by atoms with Gasteiger partial charge in [-0.2, -0.15) is 0 Å². The third kappa shape index (κ3) is 6.34. The molecule has 10 nitrogen and oxygen atoms in total. The molecule has 2 aliphatic heterocycles. The van der Waals surface area contributed by atoms with Crippen LogP contribution in [0.15, 0.2) is 121 Å². The summed E-state index contributed by atoms with van der Waals surface area (Å²) in [6.45, 7) is 0. The van der Waals surface area contributed by atoms with Gasteiger partial charge in [0.2, 0.25) is 0 Å². The van der Waals surface area contributed by atoms with E-state index in [1.165, 1.54) is 24.3 Å². The summed E-state index contributed by atoms with van der Waals surface area (Å²) in [6.07, 6.45) is 0.690. The molecule has 3 aromatic heterocycles. The Balaban J connectivity index is 0.00000427. The van der Waals surface area contributed by atoms with E-state index in [-0.39, 0.29) is 53.9 Å². The molecule has 264 valence electrons. The number of rotatable bonds is 4.